The molecule has 2 N–H and O–H groups in total. The van der Waals surface area contributed by atoms with E-state index in [0.717, 1.165) is 5.56 Å². The number of nitrogens with one attached hydrogen (secondary N) is 2. The van der Waals surface area contributed by atoms with Crippen LogP contribution in [0.2, 0.25) is 0 Å². The highest BCUT2D eigenvalue weighted by Gasteiger charge is 2.21. The zero-order valence-electron chi connectivity index (χ0n) is 18.7. The number of carbonyl (C=O) groups excluding carboxylic acids is 2. The van der Waals surface area contributed by atoms with Crippen LogP contribution in [0.5, 0.6) is 11.5 Å². The first-order chi connectivity index (χ1) is 16.2. The molecule has 0 spiro atoms. The Morgan fingerprint density at radius 3 is 2.56 bits per heavy atom. The van der Waals surface area contributed by atoms with E-state index in [0.29, 0.717) is 16.9 Å². The fourth-order valence-electron chi connectivity index (χ4n) is 2.85. The van der Waals surface area contributed by atoms with Crippen LogP contribution in [0.4, 0.5) is 0 Å². The van der Waals surface area contributed by atoms with Gasteiger partial charge in [0, 0.05) is 0 Å². The number of carbonyl (C=O) groups is 2. The van der Waals surface area contributed by atoms with Crippen LogP contribution in [0.15, 0.2) is 69.2 Å². The second-order valence-corrected chi connectivity index (χ2v) is 8.69. The van der Waals surface area contributed by atoms with Gasteiger partial charge in [0.05, 0.1) is 26.1 Å². The number of ether oxygens (including phenoxy) is 1. The summed E-state index contributed by atoms with van der Waals surface area (Å²) >= 11 is 0. The van der Waals surface area contributed by atoms with Crippen LogP contribution < -0.4 is 19.7 Å². The minimum Gasteiger partial charge on any atom is -0.493 e. The third-order valence-electron chi connectivity index (χ3n) is 4.59. The topological polar surface area (TPSA) is 136 Å². The highest BCUT2D eigenvalue weighted by molar-refractivity contribution is 7.87. The minimum absolute atomic E-state index is 0.0121. The number of nitrogens with zero attached hydrogens (tertiary/aromatic N) is 1. The lowest BCUT2D eigenvalue weighted by Gasteiger charge is -2.13. The van der Waals surface area contributed by atoms with E-state index in [-0.39, 0.29) is 22.9 Å². The van der Waals surface area contributed by atoms with Gasteiger partial charge in [-0.2, -0.15) is 13.5 Å². The van der Waals surface area contributed by atoms with E-state index in [2.05, 4.69) is 15.8 Å². The van der Waals surface area contributed by atoms with Gasteiger partial charge in [0.15, 0.2) is 11.5 Å². The fourth-order valence-corrected chi connectivity index (χ4v) is 4.11. The number of aryl methyl sites for hydroxylation is 2. The van der Waals surface area contributed by atoms with Crippen molar-refractivity contribution in [3.8, 4) is 11.5 Å². The molecule has 0 aliphatic carbocycles. The number of rotatable bonds is 8. The van der Waals surface area contributed by atoms with Crippen LogP contribution in [0, 0.1) is 13.8 Å². The molecule has 178 valence electrons. The summed E-state index contributed by atoms with van der Waals surface area (Å²) in [5, 5.41) is 6.12. The number of hydrogen-bond acceptors (Lipinski definition) is 8. The van der Waals surface area contributed by atoms with Gasteiger partial charge in [0.2, 0.25) is 0 Å². The second kappa shape index (κ2) is 10.7. The molecular formula is C23H23N3O7S. The maximum atomic E-state index is 12.8. The molecule has 34 heavy (non-hydrogen) atoms. The van der Waals surface area contributed by atoms with E-state index in [9.17, 15) is 18.0 Å². The van der Waals surface area contributed by atoms with Crippen molar-refractivity contribution >= 4 is 28.1 Å². The summed E-state index contributed by atoms with van der Waals surface area (Å²) in [6, 6.07) is 12.8. The van der Waals surface area contributed by atoms with E-state index in [1.807, 2.05) is 6.07 Å². The van der Waals surface area contributed by atoms with Crippen molar-refractivity contribution in [1.29, 1.82) is 0 Å². The second-order valence-electron chi connectivity index (χ2n) is 7.18. The largest absolute Gasteiger partial charge is 0.493 e. The Labute approximate surface area is 196 Å². The number of benzene rings is 2. The highest BCUT2D eigenvalue weighted by Crippen LogP contribution is 2.31. The van der Waals surface area contributed by atoms with E-state index in [1.54, 1.807) is 32.0 Å². The summed E-state index contributed by atoms with van der Waals surface area (Å²) < 4.78 is 41.2. The van der Waals surface area contributed by atoms with Crippen LogP contribution in [-0.2, 0) is 26.3 Å². The predicted molar refractivity (Wildman–Crippen MR) is 123 cm³/mol. The van der Waals surface area contributed by atoms with Crippen LogP contribution in [0.25, 0.3) is 0 Å². The molecule has 10 nitrogen and oxygen atoms in total. The average molecular weight is 486 g/mol. The molecule has 0 bridgehead atoms. The monoisotopic (exact) mass is 485 g/mol. The number of hydrazone groups is 1. The molecule has 11 heteroatoms. The zero-order chi connectivity index (χ0) is 24.7. The number of hydrogen-bond donors (Lipinski definition) is 2. The molecule has 3 rings (SSSR count). The first kappa shape index (κ1) is 24.5. The summed E-state index contributed by atoms with van der Waals surface area (Å²) in [4.78, 5) is 23.7. The first-order valence-corrected chi connectivity index (χ1v) is 11.4. The van der Waals surface area contributed by atoms with Gasteiger partial charge in [-0.25, -0.2) is 5.43 Å². The van der Waals surface area contributed by atoms with Crippen LogP contribution >= 0.6 is 0 Å². The molecular weight excluding hydrogens is 462 g/mol. The van der Waals surface area contributed by atoms with Crippen molar-refractivity contribution in [3.63, 3.8) is 0 Å². The van der Waals surface area contributed by atoms with Crippen molar-refractivity contribution in [2.45, 2.75) is 25.3 Å². The quantitative estimate of drug-likeness (QED) is 0.216. The molecule has 2 aromatic carbocycles. The molecule has 0 fully saturated rings. The standard InChI is InChI=1S/C23H23N3O7S/c1-15-6-7-16(2)21(11-15)34(29,30)33-19-9-8-17(12-20(19)31-3)13-25-26-23(28)22(27)24-14-18-5-4-10-32-18/h4-13H,14H2,1-3H3,(H,24,27)(H,26,28)/b25-13+. The Hall–Kier alpha value is -4.12. The van der Waals surface area contributed by atoms with Gasteiger partial charge in [-0.05, 0) is 66.9 Å². The zero-order valence-corrected chi connectivity index (χ0v) is 19.5. The molecule has 0 saturated heterocycles. The first-order valence-electron chi connectivity index (χ1n) is 10.0. The Morgan fingerprint density at radius 1 is 1.06 bits per heavy atom. The van der Waals surface area contributed by atoms with Crippen molar-refractivity contribution in [1.82, 2.24) is 10.7 Å². The summed E-state index contributed by atoms with van der Waals surface area (Å²) in [5.74, 6) is -1.22. The SMILES string of the molecule is COc1cc(/C=N/NC(=O)C(=O)NCc2ccco2)ccc1OS(=O)(=O)c1cc(C)ccc1C. The molecule has 0 unspecified atom stereocenters. The molecule has 1 aromatic heterocycles. The van der Waals surface area contributed by atoms with Crippen LogP contribution in [-0.4, -0.2) is 33.6 Å². The molecule has 0 aliphatic heterocycles. The lowest BCUT2D eigenvalue weighted by Crippen LogP contribution is -2.37. The van der Waals surface area contributed by atoms with E-state index in [4.69, 9.17) is 13.3 Å². The van der Waals surface area contributed by atoms with Gasteiger partial charge in [-0.1, -0.05) is 12.1 Å². The molecule has 0 saturated carbocycles. The number of methoxy groups -OCH3 is 1. The lowest BCUT2D eigenvalue weighted by atomic mass is 10.2. The van der Waals surface area contributed by atoms with E-state index >= 15 is 0 Å². The molecule has 1 heterocycles. The maximum Gasteiger partial charge on any atom is 0.339 e. The Kier molecular flexibility index (Phi) is 7.69. The Balaban J connectivity index is 1.65. The van der Waals surface area contributed by atoms with Gasteiger partial charge in [0.1, 0.15) is 10.7 Å². The van der Waals surface area contributed by atoms with Gasteiger partial charge in [-0.3, -0.25) is 9.59 Å². The van der Waals surface area contributed by atoms with Crippen molar-refractivity contribution in [2.24, 2.45) is 5.10 Å². The Bertz CT molecular complexity index is 1320. The van der Waals surface area contributed by atoms with E-state index in [1.165, 1.54) is 43.9 Å². The van der Waals surface area contributed by atoms with Crippen molar-refractivity contribution in [2.75, 3.05) is 7.11 Å². The molecule has 2 amide bonds. The smallest absolute Gasteiger partial charge is 0.339 e. The van der Waals surface area contributed by atoms with Gasteiger partial charge in [0.25, 0.3) is 0 Å². The van der Waals surface area contributed by atoms with Crippen LogP contribution in [0.1, 0.15) is 22.5 Å². The van der Waals surface area contributed by atoms with Crippen molar-refractivity contribution in [3.05, 3.63) is 77.2 Å². The summed E-state index contributed by atoms with van der Waals surface area (Å²) in [6.07, 6.45) is 2.72. The maximum absolute atomic E-state index is 12.8. The fraction of sp³-hybridized carbons (Fsp3) is 0.174. The predicted octanol–water partition coefficient (Wildman–Crippen LogP) is 2.44. The molecule has 3 aromatic rings. The lowest BCUT2D eigenvalue weighted by molar-refractivity contribution is -0.139. The molecule has 0 radical (unpaired) electrons. The minimum atomic E-state index is -4.09. The van der Waals surface area contributed by atoms with E-state index < -0.39 is 21.9 Å². The molecule has 0 atom stereocenters. The average Bonchev–Trinajstić information content (AvgIpc) is 3.33. The third kappa shape index (κ3) is 6.23. The summed E-state index contributed by atoms with van der Waals surface area (Å²) in [7, 11) is -2.73. The van der Waals surface area contributed by atoms with Gasteiger partial charge >= 0.3 is 21.9 Å². The van der Waals surface area contributed by atoms with Crippen molar-refractivity contribution < 1.29 is 31.3 Å². The van der Waals surface area contributed by atoms with Crippen LogP contribution in [0.3, 0.4) is 0 Å². The highest BCUT2D eigenvalue weighted by atomic mass is 32.2. The number of amides is 2. The molecule has 0 aliphatic rings. The normalized spacial score (nSPS) is 11.3. The summed E-state index contributed by atoms with van der Waals surface area (Å²) in [6.45, 7) is 3.53. The Morgan fingerprint density at radius 2 is 1.85 bits per heavy atom. The number of furan rings is 1. The van der Waals surface area contributed by atoms with Gasteiger partial charge < -0.3 is 18.7 Å². The summed E-state index contributed by atoms with van der Waals surface area (Å²) in [5.41, 5.74) is 3.90. The van der Waals surface area contributed by atoms with Gasteiger partial charge in [-0.15, -0.1) is 0 Å². The third-order valence-corrected chi connectivity index (χ3v) is 5.97.